The highest BCUT2D eigenvalue weighted by Crippen LogP contribution is 2.17. The Morgan fingerprint density at radius 3 is 2.50 bits per heavy atom. The molecule has 0 aliphatic rings. The Balaban J connectivity index is 2.86. The molecule has 6 heteroatoms. The molecule has 0 heterocycles. The average Bonchev–Trinajstić information content (AvgIpc) is 2.46. The van der Waals surface area contributed by atoms with Gasteiger partial charge in [0.15, 0.2) is 0 Å². The Morgan fingerprint density at radius 1 is 1.40 bits per heavy atom. The summed E-state index contributed by atoms with van der Waals surface area (Å²) in [5.41, 5.74) is 6.57. The van der Waals surface area contributed by atoms with E-state index in [0.717, 1.165) is 5.56 Å². The molecule has 2 unspecified atom stereocenters. The highest BCUT2D eigenvalue weighted by atomic mass is 16.4. The quantitative estimate of drug-likeness (QED) is 0.312. The molecule has 1 aromatic carbocycles. The topological polar surface area (TPSA) is 91.0 Å². The molecular weight excluding hydrogens is 256 g/mol. The Kier molecular flexibility index (Phi) is 5.99. The lowest BCUT2D eigenvalue weighted by molar-refractivity contribution is -0.130. The molecule has 6 nitrogen and oxygen atoms in total. The standard InChI is InChI=1S/C14H22N4O2/c1-10(14(19)18(2)3)16-12(9-13(15)17-20)11-7-5-4-6-8-11/h4-8,10,12,16,20H,9H2,1-3H3,(H2,15,17). The molecule has 1 rings (SSSR count). The number of hydrogen-bond acceptors (Lipinski definition) is 4. The maximum atomic E-state index is 11.9. The first kappa shape index (κ1) is 16.0. The molecule has 0 bridgehead atoms. The van der Waals surface area contributed by atoms with E-state index < -0.39 is 0 Å². The zero-order chi connectivity index (χ0) is 15.1. The monoisotopic (exact) mass is 278 g/mol. The third-order valence-electron chi connectivity index (χ3n) is 3.01. The molecule has 0 fully saturated rings. The van der Waals surface area contributed by atoms with Gasteiger partial charge in [0, 0.05) is 26.6 Å². The summed E-state index contributed by atoms with van der Waals surface area (Å²) in [5.74, 6) is 0.0984. The second-order valence-corrected chi connectivity index (χ2v) is 4.88. The molecule has 0 aromatic heterocycles. The van der Waals surface area contributed by atoms with Crippen LogP contribution in [0.4, 0.5) is 0 Å². The predicted molar refractivity (Wildman–Crippen MR) is 78.5 cm³/mol. The third kappa shape index (κ3) is 4.55. The van der Waals surface area contributed by atoms with E-state index in [1.807, 2.05) is 30.3 Å². The molecule has 0 saturated heterocycles. The van der Waals surface area contributed by atoms with Crippen molar-refractivity contribution in [3.8, 4) is 0 Å². The molecule has 0 radical (unpaired) electrons. The average molecular weight is 278 g/mol. The van der Waals surface area contributed by atoms with Gasteiger partial charge in [-0.25, -0.2) is 0 Å². The van der Waals surface area contributed by atoms with E-state index in [4.69, 9.17) is 10.9 Å². The van der Waals surface area contributed by atoms with Crippen molar-refractivity contribution in [1.29, 1.82) is 0 Å². The minimum Gasteiger partial charge on any atom is -0.409 e. The van der Waals surface area contributed by atoms with Crippen molar-refractivity contribution in [1.82, 2.24) is 10.2 Å². The van der Waals surface area contributed by atoms with Crippen molar-refractivity contribution >= 4 is 11.7 Å². The SMILES string of the molecule is CC(NC(CC(N)=NO)c1ccccc1)C(=O)N(C)C. The van der Waals surface area contributed by atoms with Gasteiger partial charge in [0.1, 0.15) is 5.84 Å². The lowest BCUT2D eigenvalue weighted by Gasteiger charge is -2.24. The first-order chi connectivity index (χ1) is 9.45. The molecule has 0 aliphatic carbocycles. The summed E-state index contributed by atoms with van der Waals surface area (Å²) in [4.78, 5) is 13.4. The van der Waals surface area contributed by atoms with E-state index in [9.17, 15) is 4.79 Å². The van der Waals surface area contributed by atoms with Crippen LogP contribution >= 0.6 is 0 Å². The number of amides is 1. The Hall–Kier alpha value is -2.08. The number of benzene rings is 1. The number of nitrogens with zero attached hydrogens (tertiary/aromatic N) is 2. The minimum atomic E-state index is -0.360. The predicted octanol–water partition coefficient (Wildman–Crippen LogP) is 0.930. The molecule has 1 amide bonds. The van der Waals surface area contributed by atoms with Gasteiger partial charge in [0.25, 0.3) is 0 Å². The van der Waals surface area contributed by atoms with Crippen LogP contribution in [-0.4, -0.2) is 42.0 Å². The second-order valence-electron chi connectivity index (χ2n) is 4.88. The molecule has 2 atom stereocenters. The van der Waals surface area contributed by atoms with Gasteiger partial charge < -0.3 is 15.8 Å². The second kappa shape index (κ2) is 7.49. The largest absolute Gasteiger partial charge is 0.409 e. The van der Waals surface area contributed by atoms with E-state index in [2.05, 4.69) is 10.5 Å². The lowest BCUT2D eigenvalue weighted by atomic mass is 10.0. The molecule has 0 saturated carbocycles. The number of rotatable bonds is 6. The number of amidine groups is 1. The number of carbonyl (C=O) groups excluding carboxylic acids is 1. The van der Waals surface area contributed by atoms with Crippen LogP contribution in [0.25, 0.3) is 0 Å². The van der Waals surface area contributed by atoms with Gasteiger partial charge in [0.05, 0.1) is 6.04 Å². The number of likely N-dealkylation sites (N-methyl/N-ethyl adjacent to an activating group) is 1. The van der Waals surface area contributed by atoms with Crippen molar-refractivity contribution in [3.05, 3.63) is 35.9 Å². The molecule has 0 spiro atoms. The van der Waals surface area contributed by atoms with Crippen LogP contribution in [0.5, 0.6) is 0 Å². The summed E-state index contributed by atoms with van der Waals surface area (Å²) in [7, 11) is 3.42. The van der Waals surface area contributed by atoms with Crippen LogP contribution in [0.2, 0.25) is 0 Å². The van der Waals surface area contributed by atoms with E-state index in [-0.39, 0.29) is 23.8 Å². The maximum Gasteiger partial charge on any atom is 0.238 e. The van der Waals surface area contributed by atoms with Gasteiger partial charge in [-0.3, -0.25) is 10.1 Å². The maximum absolute atomic E-state index is 11.9. The summed E-state index contributed by atoms with van der Waals surface area (Å²) in [6.45, 7) is 1.80. The number of carbonyl (C=O) groups is 1. The fraction of sp³-hybridized carbons (Fsp3) is 0.429. The van der Waals surface area contributed by atoms with Gasteiger partial charge in [-0.2, -0.15) is 0 Å². The van der Waals surface area contributed by atoms with Crippen molar-refractivity contribution in [2.45, 2.75) is 25.4 Å². The van der Waals surface area contributed by atoms with Gasteiger partial charge >= 0.3 is 0 Å². The van der Waals surface area contributed by atoms with Crippen molar-refractivity contribution in [3.63, 3.8) is 0 Å². The van der Waals surface area contributed by atoms with Crippen LogP contribution in [0.15, 0.2) is 35.5 Å². The van der Waals surface area contributed by atoms with E-state index in [0.29, 0.717) is 6.42 Å². The summed E-state index contributed by atoms with van der Waals surface area (Å²) in [6.07, 6.45) is 0.325. The van der Waals surface area contributed by atoms with Crippen LogP contribution in [0.3, 0.4) is 0 Å². The van der Waals surface area contributed by atoms with Crippen LogP contribution in [0, 0.1) is 0 Å². The number of nitrogens with one attached hydrogen (secondary N) is 1. The molecule has 1 aromatic rings. The van der Waals surface area contributed by atoms with E-state index in [1.165, 1.54) is 4.90 Å². The van der Waals surface area contributed by atoms with Crippen molar-refractivity contribution in [2.24, 2.45) is 10.9 Å². The molecule has 110 valence electrons. The van der Waals surface area contributed by atoms with E-state index >= 15 is 0 Å². The third-order valence-corrected chi connectivity index (χ3v) is 3.01. The minimum absolute atomic E-state index is 0.0227. The Bertz CT molecular complexity index is 460. The fourth-order valence-electron chi connectivity index (χ4n) is 1.97. The summed E-state index contributed by atoms with van der Waals surface area (Å²) in [6, 6.07) is 9.07. The molecule has 4 N–H and O–H groups in total. The van der Waals surface area contributed by atoms with Crippen LogP contribution in [0.1, 0.15) is 24.9 Å². The normalized spacial score (nSPS) is 14.7. The van der Waals surface area contributed by atoms with Gasteiger partial charge in [0.2, 0.25) is 5.91 Å². The summed E-state index contributed by atoms with van der Waals surface area (Å²) in [5, 5.41) is 14.9. The molecule has 0 aliphatic heterocycles. The van der Waals surface area contributed by atoms with Crippen LogP contribution < -0.4 is 11.1 Å². The first-order valence-electron chi connectivity index (χ1n) is 6.44. The van der Waals surface area contributed by atoms with Crippen LogP contribution in [-0.2, 0) is 4.79 Å². The molecule has 20 heavy (non-hydrogen) atoms. The Labute approximate surface area is 119 Å². The summed E-state index contributed by atoms with van der Waals surface area (Å²) < 4.78 is 0. The number of hydrogen-bond donors (Lipinski definition) is 3. The highest BCUT2D eigenvalue weighted by Gasteiger charge is 2.21. The molecular formula is C14H22N4O2. The first-order valence-corrected chi connectivity index (χ1v) is 6.44. The number of nitrogens with two attached hydrogens (primary N) is 1. The number of oxime groups is 1. The van der Waals surface area contributed by atoms with Gasteiger partial charge in [-0.15, -0.1) is 0 Å². The van der Waals surface area contributed by atoms with Gasteiger partial charge in [-0.05, 0) is 12.5 Å². The fourth-order valence-corrected chi connectivity index (χ4v) is 1.97. The highest BCUT2D eigenvalue weighted by molar-refractivity contribution is 5.82. The van der Waals surface area contributed by atoms with Crippen molar-refractivity contribution < 1.29 is 10.0 Å². The zero-order valence-electron chi connectivity index (χ0n) is 12.1. The van der Waals surface area contributed by atoms with Gasteiger partial charge in [-0.1, -0.05) is 35.5 Å². The lowest BCUT2D eigenvalue weighted by Crippen LogP contribution is -2.43. The summed E-state index contributed by atoms with van der Waals surface area (Å²) >= 11 is 0. The smallest absolute Gasteiger partial charge is 0.238 e. The zero-order valence-corrected chi connectivity index (χ0v) is 12.1. The Morgan fingerprint density at radius 2 is 2.00 bits per heavy atom. The van der Waals surface area contributed by atoms with Crippen molar-refractivity contribution in [2.75, 3.05) is 14.1 Å². The van der Waals surface area contributed by atoms with E-state index in [1.54, 1.807) is 21.0 Å².